The first-order valence-corrected chi connectivity index (χ1v) is 8.67. The molecule has 0 aliphatic heterocycles. The number of amides is 1. The van der Waals surface area contributed by atoms with E-state index in [1.165, 1.54) is 0 Å². The number of hydrogen-bond acceptors (Lipinski definition) is 1. The normalized spacial score (nSPS) is 12.2. The average Bonchev–Trinajstić information content (AvgIpc) is 2.39. The van der Waals surface area contributed by atoms with E-state index in [0.717, 1.165) is 29.1 Å². The Hall–Kier alpha value is -0.0600. The van der Waals surface area contributed by atoms with Gasteiger partial charge >= 0.3 is 0 Å². The van der Waals surface area contributed by atoms with Crippen LogP contribution in [0.1, 0.15) is 36.5 Å². The van der Waals surface area contributed by atoms with Gasteiger partial charge in [0.05, 0.1) is 10.6 Å². The maximum absolute atomic E-state index is 12.1. The van der Waals surface area contributed by atoms with Crippen LogP contribution in [0.4, 0.5) is 0 Å². The van der Waals surface area contributed by atoms with E-state index in [-0.39, 0.29) is 5.91 Å². The van der Waals surface area contributed by atoms with Gasteiger partial charge in [0.1, 0.15) is 0 Å². The van der Waals surface area contributed by atoms with Crippen LogP contribution in [0.2, 0.25) is 5.02 Å². The van der Waals surface area contributed by atoms with Gasteiger partial charge in [-0.1, -0.05) is 46.9 Å². The molecule has 0 saturated carbocycles. The van der Waals surface area contributed by atoms with Crippen LogP contribution in [0.25, 0.3) is 0 Å². The zero-order chi connectivity index (χ0) is 14.3. The lowest BCUT2D eigenvalue weighted by Crippen LogP contribution is -2.29. The van der Waals surface area contributed by atoms with Crippen molar-refractivity contribution in [2.24, 2.45) is 5.92 Å². The number of halogens is 3. The Labute approximate surface area is 136 Å². The summed E-state index contributed by atoms with van der Waals surface area (Å²) in [6.07, 6.45) is 3.32. The SMILES string of the molecule is CCCC(CCBr)CNC(=O)c1cccc(Br)c1Cl. The highest BCUT2D eigenvalue weighted by Crippen LogP contribution is 2.26. The fourth-order valence-electron chi connectivity index (χ4n) is 1.92. The minimum absolute atomic E-state index is 0.109. The number of hydrogen-bond donors (Lipinski definition) is 1. The summed E-state index contributed by atoms with van der Waals surface area (Å²) in [6.45, 7) is 2.86. The smallest absolute Gasteiger partial charge is 0.252 e. The third-order valence-corrected chi connectivity index (χ3v) is 4.72. The van der Waals surface area contributed by atoms with Crippen molar-refractivity contribution in [2.75, 3.05) is 11.9 Å². The predicted octanol–water partition coefficient (Wildman–Crippen LogP) is 5.03. The van der Waals surface area contributed by atoms with Crippen molar-refractivity contribution in [3.63, 3.8) is 0 Å². The van der Waals surface area contributed by atoms with Crippen LogP contribution in [0.15, 0.2) is 22.7 Å². The fraction of sp³-hybridized carbons (Fsp3) is 0.500. The maximum Gasteiger partial charge on any atom is 0.252 e. The summed E-state index contributed by atoms with van der Waals surface area (Å²) < 4.78 is 0.743. The number of benzene rings is 1. The topological polar surface area (TPSA) is 29.1 Å². The Kier molecular flexibility index (Phi) is 8.03. The fourth-order valence-corrected chi connectivity index (χ4v) is 3.15. The Morgan fingerprint density at radius 3 is 2.79 bits per heavy atom. The average molecular weight is 412 g/mol. The van der Waals surface area contributed by atoms with Crippen molar-refractivity contribution in [1.82, 2.24) is 5.32 Å². The van der Waals surface area contributed by atoms with Gasteiger partial charge in [-0.15, -0.1) is 0 Å². The molecular formula is C14H18Br2ClNO. The first-order valence-electron chi connectivity index (χ1n) is 6.38. The van der Waals surface area contributed by atoms with Gasteiger partial charge < -0.3 is 5.32 Å². The molecule has 106 valence electrons. The highest BCUT2D eigenvalue weighted by molar-refractivity contribution is 9.10. The molecule has 1 aromatic rings. The molecule has 0 spiro atoms. The van der Waals surface area contributed by atoms with Crippen LogP contribution < -0.4 is 5.32 Å². The van der Waals surface area contributed by atoms with Gasteiger partial charge in [-0.3, -0.25) is 4.79 Å². The Bertz CT molecular complexity index is 420. The molecule has 5 heteroatoms. The summed E-state index contributed by atoms with van der Waals surface area (Å²) in [5, 5.41) is 4.40. The third kappa shape index (κ3) is 5.44. The van der Waals surface area contributed by atoms with Crippen LogP contribution in [0, 0.1) is 5.92 Å². The summed E-state index contributed by atoms with van der Waals surface area (Å²) >= 11 is 12.9. The lowest BCUT2D eigenvalue weighted by atomic mass is 10.0. The molecule has 1 amide bonds. The van der Waals surface area contributed by atoms with E-state index in [2.05, 4.69) is 44.1 Å². The summed E-state index contributed by atoms with van der Waals surface area (Å²) in [5.41, 5.74) is 0.519. The molecule has 1 unspecified atom stereocenters. The highest BCUT2D eigenvalue weighted by Gasteiger charge is 2.14. The van der Waals surface area contributed by atoms with Crippen LogP contribution in [0.5, 0.6) is 0 Å². The monoisotopic (exact) mass is 409 g/mol. The zero-order valence-electron chi connectivity index (χ0n) is 10.9. The van der Waals surface area contributed by atoms with E-state index in [4.69, 9.17) is 11.6 Å². The van der Waals surface area contributed by atoms with Crippen molar-refractivity contribution in [2.45, 2.75) is 26.2 Å². The van der Waals surface area contributed by atoms with Crippen LogP contribution in [-0.2, 0) is 0 Å². The summed E-state index contributed by atoms with van der Waals surface area (Å²) in [7, 11) is 0. The van der Waals surface area contributed by atoms with E-state index in [9.17, 15) is 4.79 Å². The molecule has 0 aliphatic rings. The molecule has 0 heterocycles. The van der Waals surface area contributed by atoms with Gasteiger partial charge in [-0.05, 0) is 46.8 Å². The van der Waals surface area contributed by atoms with Gasteiger partial charge in [-0.2, -0.15) is 0 Å². The van der Waals surface area contributed by atoms with Gasteiger partial charge in [0.15, 0.2) is 0 Å². The molecule has 0 aromatic heterocycles. The van der Waals surface area contributed by atoms with Crippen LogP contribution >= 0.6 is 43.5 Å². The van der Waals surface area contributed by atoms with E-state index in [0.29, 0.717) is 23.0 Å². The minimum atomic E-state index is -0.109. The van der Waals surface area contributed by atoms with E-state index >= 15 is 0 Å². The molecule has 1 N–H and O–H groups in total. The number of carbonyl (C=O) groups is 1. The van der Waals surface area contributed by atoms with Crippen molar-refractivity contribution in [3.05, 3.63) is 33.3 Å². The first kappa shape index (κ1) is 17.0. The maximum atomic E-state index is 12.1. The van der Waals surface area contributed by atoms with Gasteiger partial charge in [0.2, 0.25) is 0 Å². The molecule has 2 nitrogen and oxygen atoms in total. The lowest BCUT2D eigenvalue weighted by Gasteiger charge is -2.16. The summed E-state index contributed by atoms with van der Waals surface area (Å²) in [6, 6.07) is 5.37. The predicted molar refractivity (Wildman–Crippen MR) is 88.3 cm³/mol. The van der Waals surface area contributed by atoms with Crippen molar-refractivity contribution in [1.29, 1.82) is 0 Å². The number of nitrogens with one attached hydrogen (secondary N) is 1. The highest BCUT2D eigenvalue weighted by atomic mass is 79.9. The lowest BCUT2D eigenvalue weighted by molar-refractivity contribution is 0.0946. The van der Waals surface area contributed by atoms with E-state index < -0.39 is 0 Å². The van der Waals surface area contributed by atoms with E-state index in [1.54, 1.807) is 6.07 Å². The molecule has 1 rings (SSSR count). The molecule has 1 aromatic carbocycles. The Morgan fingerprint density at radius 2 is 2.16 bits per heavy atom. The Morgan fingerprint density at radius 1 is 1.42 bits per heavy atom. The Balaban J connectivity index is 2.61. The van der Waals surface area contributed by atoms with Crippen LogP contribution in [0.3, 0.4) is 0 Å². The minimum Gasteiger partial charge on any atom is -0.352 e. The van der Waals surface area contributed by atoms with Gasteiger partial charge in [-0.25, -0.2) is 0 Å². The number of alkyl halides is 1. The third-order valence-electron chi connectivity index (χ3n) is 2.96. The molecular weight excluding hydrogens is 393 g/mol. The molecule has 19 heavy (non-hydrogen) atoms. The second-order valence-electron chi connectivity index (χ2n) is 4.44. The molecule has 0 bridgehead atoms. The van der Waals surface area contributed by atoms with Crippen molar-refractivity contribution < 1.29 is 4.79 Å². The van der Waals surface area contributed by atoms with Gasteiger partial charge in [0, 0.05) is 16.3 Å². The van der Waals surface area contributed by atoms with Crippen molar-refractivity contribution in [3.8, 4) is 0 Å². The van der Waals surface area contributed by atoms with E-state index in [1.807, 2.05) is 12.1 Å². The van der Waals surface area contributed by atoms with Crippen molar-refractivity contribution >= 4 is 49.4 Å². The van der Waals surface area contributed by atoms with Gasteiger partial charge in [0.25, 0.3) is 5.91 Å². The number of rotatable bonds is 7. The zero-order valence-corrected chi connectivity index (χ0v) is 14.8. The summed E-state index contributed by atoms with van der Waals surface area (Å²) in [4.78, 5) is 12.1. The largest absolute Gasteiger partial charge is 0.352 e. The summed E-state index contributed by atoms with van der Waals surface area (Å²) in [5.74, 6) is 0.404. The first-order chi connectivity index (χ1) is 9.10. The molecule has 0 radical (unpaired) electrons. The standard InChI is InChI=1S/C14H18Br2ClNO/c1-2-4-10(7-8-15)9-18-14(19)11-5-3-6-12(16)13(11)17/h3,5-6,10H,2,4,7-9H2,1H3,(H,18,19). The molecule has 0 saturated heterocycles. The number of carbonyl (C=O) groups excluding carboxylic acids is 1. The van der Waals surface area contributed by atoms with Crippen LogP contribution in [-0.4, -0.2) is 17.8 Å². The second-order valence-corrected chi connectivity index (χ2v) is 6.47. The second kappa shape index (κ2) is 8.98. The molecule has 0 fully saturated rings. The molecule has 0 aliphatic carbocycles. The molecule has 1 atom stereocenters. The quantitative estimate of drug-likeness (QED) is 0.626.